The van der Waals surface area contributed by atoms with E-state index in [0.717, 1.165) is 29.3 Å². The molecule has 0 aliphatic heterocycles. The summed E-state index contributed by atoms with van der Waals surface area (Å²) in [4.78, 5) is 0. The Bertz CT molecular complexity index is 355. The summed E-state index contributed by atoms with van der Waals surface area (Å²) in [5.74, 6) is 0. The summed E-state index contributed by atoms with van der Waals surface area (Å²) in [5.41, 5.74) is 0.711. The summed E-state index contributed by atoms with van der Waals surface area (Å²) in [6.45, 7) is 4.45. The molecule has 0 unspecified atom stereocenters. The van der Waals surface area contributed by atoms with Crippen LogP contribution in [-0.4, -0.2) is 5.11 Å². The van der Waals surface area contributed by atoms with Gasteiger partial charge in [-0.2, -0.15) is 0 Å². The molecular formula is C13H17BrO. The summed E-state index contributed by atoms with van der Waals surface area (Å²) in [7, 11) is 0. The lowest BCUT2D eigenvalue weighted by atomic mass is 9.86. The molecule has 15 heavy (non-hydrogen) atoms. The predicted octanol–water partition coefficient (Wildman–Crippen LogP) is 3.85. The lowest BCUT2D eigenvalue weighted by Crippen LogP contribution is -2.23. The zero-order chi connectivity index (χ0) is 11.1. The SMILES string of the molecule is CC1(C)CC[C@@](O)(c2ccc(Br)cc2)C1. The average molecular weight is 269 g/mol. The second-order valence-electron chi connectivity index (χ2n) is 5.38. The van der Waals surface area contributed by atoms with Gasteiger partial charge in [0.15, 0.2) is 0 Å². The fraction of sp³-hybridized carbons (Fsp3) is 0.538. The van der Waals surface area contributed by atoms with Gasteiger partial charge in [0.2, 0.25) is 0 Å². The minimum absolute atomic E-state index is 0.266. The number of hydrogen-bond acceptors (Lipinski definition) is 1. The first-order valence-electron chi connectivity index (χ1n) is 5.40. The topological polar surface area (TPSA) is 20.2 Å². The highest BCUT2D eigenvalue weighted by Gasteiger charge is 2.42. The van der Waals surface area contributed by atoms with Crippen LogP contribution in [0.2, 0.25) is 0 Å². The lowest BCUT2D eigenvalue weighted by molar-refractivity contribution is 0.0338. The van der Waals surface area contributed by atoms with Crippen LogP contribution in [-0.2, 0) is 5.60 Å². The van der Waals surface area contributed by atoms with E-state index in [1.807, 2.05) is 24.3 Å². The fourth-order valence-electron chi connectivity index (χ4n) is 2.52. The molecular weight excluding hydrogens is 252 g/mol. The summed E-state index contributed by atoms with van der Waals surface area (Å²) in [5, 5.41) is 10.6. The normalized spacial score (nSPS) is 29.3. The standard InChI is InChI=1S/C13H17BrO/c1-12(2)7-8-13(15,9-12)10-3-5-11(14)6-4-10/h3-6,15H,7-9H2,1-2H3/t13-/m0/s1. The molecule has 0 radical (unpaired) electrons. The number of rotatable bonds is 1. The van der Waals surface area contributed by atoms with E-state index in [9.17, 15) is 5.11 Å². The molecule has 0 aromatic heterocycles. The molecule has 1 nitrogen and oxygen atoms in total. The Morgan fingerprint density at radius 1 is 1.13 bits per heavy atom. The zero-order valence-corrected chi connectivity index (χ0v) is 10.8. The van der Waals surface area contributed by atoms with E-state index in [2.05, 4.69) is 29.8 Å². The molecule has 0 saturated heterocycles. The van der Waals surface area contributed by atoms with Crippen molar-refractivity contribution in [2.24, 2.45) is 5.41 Å². The van der Waals surface area contributed by atoms with Gasteiger partial charge in [-0.1, -0.05) is 41.9 Å². The molecule has 0 heterocycles. The molecule has 1 aliphatic rings. The van der Waals surface area contributed by atoms with Crippen molar-refractivity contribution in [1.29, 1.82) is 0 Å². The third-order valence-corrected chi connectivity index (χ3v) is 3.90. The maximum Gasteiger partial charge on any atom is 0.0901 e. The summed E-state index contributed by atoms with van der Waals surface area (Å²) in [6.07, 6.45) is 2.84. The minimum Gasteiger partial charge on any atom is -0.385 e. The van der Waals surface area contributed by atoms with Crippen molar-refractivity contribution in [3.8, 4) is 0 Å². The summed E-state index contributed by atoms with van der Waals surface area (Å²) < 4.78 is 1.06. The van der Waals surface area contributed by atoms with Crippen LogP contribution < -0.4 is 0 Å². The summed E-state index contributed by atoms with van der Waals surface area (Å²) >= 11 is 3.41. The quantitative estimate of drug-likeness (QED) is 0.821. The first-order valence-corrected chi connectivity index (χ1v) is 6.19. The van der Waals surface area contributed by atoms with Gasteiger partial charge in [0, 0.05) is 4.47 Å². The van der Waals surface area contributed by atoms with Gasteiger partial charge in [-0.25, -0.2) is 0 Å². The van der Waals surface area contributed by atoms with Gasteiger partial charge in [-0.05, 0) is 42.4 Å². The first kappa shape index (κ1) is 11.2. The van der Waals surface area contributed by atoms with E-state index < -0.39 is 5.60 Å². The number of aliphatic hydroxyl groups is 1. The Labute approximate surface area is 99.6 Å². The Morgan fingerprint density at radius 2 is 1.73 bits per heavy atom. The first-order chi connectivity index (χ1) is 6.91. The molecule has 2 heteroatoms. The van der Waals surface area contributed by atoms with Crippen LogP contribution in [0, 0.1) is 5.41 Å². The number of halogens is 1. The minimum atomic E-state index is -0.607. The highest BCUT2D eigenvalue weighted by atomic mass is 79.9. The van der Waals surface area contributed by atoms with Crippen molar-refractivity contribution in [1.82, 2.24) is 0 Å². The summed E-state index contributed by atoms with van der Waals surface area (Å²) in [6, 6.07) is 8.04. The van der Waals surface area contributed by atoms with Crippen LogP contribution in [0.1, 0.15) is 38.7 Å². The molecule has 1 atom stereocenters. The molecule has 82 valence electrons. The van der Waals surface area contributed by atoms with E-state index in [-0.39, 0.29) is 5.41 Å². The third-order valence-electron chi connectivity index (χ3n) is 3.37. The Morgan fingerprint density at radius 3 is 2.20 bits per heavy atom. The molecule has 1 aromatic rings. The van der Waals surface area contributed by atoms with Gasteiger partial charge in [0.05, 0.1) is 5.60 Å². The lowest BCUT2D eigenvalue weighted by Gasteiger charge is -2.25. The Hall–Kier alpha value is -0.340. The highest BCUT2D eigenvalue weighted by molar-refractivity contribution is 9.10. The fourth-order valence-corrected chi connectivity index (χ4v) is 2.78. The van der Waals surface area contributed by atoms with Crippen molar-refractivity contribution in [3.05, 3.63) is 34.3 Å². The highest BCUT2D eigenvalue weighted by Crippen LogP contribution is 2.48. The smallest absolute Gasteiger partial charge is 0.0901 e. The van der Waals surface area contributed by atoms with Gasteiger partial charge in [0.25, 0.3) is 0 Å². The van der Waals surface area contributed by atoms with Crippen molar-refractivity contribution >= 4 is 15.9 Å². The Kier molecular flexibility index (Phi) is 2.68. The largest absolute Gasteiger partial charge is 0.385 e. The molecule has 0 spiro atoms. The number of hydrogen-bond donors (Lipinski definition) is 1. The van der Waals surface area contributed by atoms with Crippen LogP contribution in [0.15, 0.2) is 28.7 Å². The van der Waals surface area contributed by atoms with Gasteiger partial charge in [0.1, 0.15) is 0 Å². The predicted molar refractivity (Wildman–Crippen MR) is 65.7 cm³/mol. The van der Waals surface area contributed by atoms with Crippen molar-refractivity contribution in [2.75, 3.05) is 0 Å². The average Bonchev–Trinajstić information content (AvgIpc) is 2.43. The molecule has 1 aromatic carbocycles. The van der Waals surface area contributed by atoms with Crippen LogP contribution in [0.25, 0.3) is 0 Å². The molecule has 1 fully saturated rings. The molecule has 2 rings (SSSR count). The molecule has 0 amide bonds. The van der Waals surface area contributed by atoms with Gasteiger partial charge in [-0.3, -0.25) is 0 Å². The second kappa shape index (κ2) is 3.60. The van der Waals surface area contributed by atoms with E-state index in [1.54, 1.807) is 0 Å². The van der Waals surface area contributed by atoms with Crippen molar-refractivity contribution in [2.45, 2.75) is 38.7 Å². The second-order valence-corrected chi connectivity index (χ2v) is 6.30. The molecule has 1 N–H and O–H groups in total. The van der Waals surface area contributed by atoms with Crippen molar-refractivity contribution < 1.29 is 5.11 Å². The van der Waals surface area contributed by atoms with Gasteiger partial charge < -0.3 is 5.11 Å². The maximum atomic E-state index is 10.6. The van der Waals surface area contributed by atoms with Gasteiger partial charge >= 0.3 is 0 Å². The van der Waals surface area contributed by atoms with Crippen LogP contribution in [0.4, 0.5) is 0 Å². The van der Waals surface area contributed by atoms with Crippen LogP contribution in [0.3, 0.4) is 0 Å². The third kappa shape index (κ3) is 2.26. The Balaban J connectivity index is 2.27. The zero-order valence-electron chi connectivity index (χ0n) is 9.26. The van der Waals surface area contributed by atoms with E-state index in [1.165, 1.54) is 0 Å². The maximum absolute atomic E-state index is 10.6. The van der Waals surface area contributed by atoms with E-state index in [0.29, 0.717) is 0 Å². The van der Waals surface area contributed by atoms with Crippen LogP contribution in [0.5, 0.6) is 0 Å². The molecule has 1 aliphatic carbocycles. The molecule has 0 bridgehead atoms. The monoisotopic (exact) mass is 268 g/mol. The van der Waals surface area contributed by atoms with Gasteiger partial charge in [-0.15, -0.1) is 0 Å². The van der Waals surface area contributed by atoms with Crippen molar-refractivity contribution in [3.63, 3.8) is 0 Å². The van der Waals surface area contributed by atoms with E-state index in [4.69, 9.17) is 0 Å². The van der Waals surface area contributed by atoms with Crippen LogP contribution >= 0.6 is 15.9 Å². The van der Waals surface area contributed by atoms with E-state index >= 15 is 0 Å². The number of benzene rings is 1. The molecule has 1 saturated carbocycles.